The van der Waals surface area contributed by atoms with Crippen LogP contribution in [0.2, 0.25) is 0 Å². The third kappa shape index (κ3) is 8.25. The van der Waals surface area contributed by atoms with Gasteiger partial charge in [-0.05, 0) is 143 Å². The molecule has 346 valence electrons. The van der Waals surface area contributed by atoms with Crippen molar-refractivity contribution < 1.29 is 37.5 Å². The van der Waals surface area contributed by atoms with E-state index in [1.165, 1.54) is 44.7 Å². The first-order chi connectivity index (χ1) is 31.8. The first-order valence-corrected chi connectivity index (χ1v) is 25.0. The fourth-order valence-corrected chi connectivity index (χ4v) is 12.6. The van der Waals surface area contributed by atoms with Crippen molar-refractivity contribution in [1.82, 2.24) is 19.6 Å². The van der Waals surface area contributed by atoms with Gasteiger partial charge in [0.15, 0.2) is 5.75 Å². The second-order valence-electron chi connectivity index (χ2n) is 20.0. The van der Waals surface area contributed by atoms with Gasteiger partial charge in [-0.3, -0.25) is 19.8 Å². The molecular formula is C50H56N6O9S. The monoisotopic (exact) mass is 916 g/mol. The minimum absolute atomic E-state index is 0.000182. The van der Waals surface area contributed by atoms with Crippen molar-refractivity contribution in [1.29, 1.82) is 0 Å². The molecule has 1 spiro atoms. The van der Waals surface area contributed by atoms with Gasteiger partial charge in [-0.1, -0.05) is 24.3 Å². The molecule has 0 radical (unpaired) electrons. The van der Waals surface area contributed by atoms with E-state index in [-0.39, 0.29) is 35.3 Å². The van der Waals surface area contributed by atoms with Crippen molar-refractivity contribution >= 4 is 38.3 Å². The Kier molecular flexibility index (Phi) is 10.8. The van der Waals surface area contributed by atoms with Crippen molar-refractivity contribution in [2.24, 2.45) is 11.3 Å². The quantitative estimate of drug-likeness (QED) is 0.0844. The number of carbonyl (C=O) groups is 1. The van der Waals surface area contributed by atoms with Crippen LogP contribution in [0.25, 0.3) is 11.0 Å². The zero-order valence-corrected chi connectivity index (χ0v) is 37.9. The summed E-state index contributed by atoms with van der Waals surface area (Å²) in [6, 6.07) is 21.1. The molecule has 5 aromatic rings. The lowest BCUT2D eigenvalue weighted by molar-refractivity contribution is -0.386. The molecule has 3 aliphatic heterocycles. The fourth-order valence-electron chi connectivity index (χ4n) is 11.6. The number of fused-ring (bicyclic) bond motifs is 2. The number of nitro groups is 1. The molecule has 66 heavy (non-hydrogen) atoms. The predicted molar refractivity (Wildman–Crippen MR) is 247 cm³/mol. The smallest absolute Gasteiger partial charge is 0.316 e. The van der Waals surface area contributed by atoms with Crippen LogP contribution in [0, 0.1) is 21.4 Å². The molecule has 15 nitrogen and oxygen atoms in total. The third-order valence-electron chi connectivity index (χ3n) is 15.5. The van der Waals surface area contributed by atoms with Gasteiger partial charge in [0.1, 0.15) is 29.9 Å². The number of sulfonamides is 1. The number of aromatic amines is 1. The molecule has 2 saturated heterocycles. The van der Waals surface area contributed by atoms with E-state index in [4.69, 9.17) is 14.2 Å². The predicted octanol–water partition coefficient (Wildman–Crippen LogP) is 8.93. The van der Waals surface area contributed by atoms with Crippen LogP contribution in [0.5, 0.6) is 23.0 Å². The second-order valence-corrected chi connectivity index (χ2v) is 21.7. The summed E-state index contributed by atoms with van der Waals surface area (Å²) in [6.45, 7) is 4.68. The van der Waals surface area contributed by atoms with E-state index in [0.717, 1.165) is 61.6 Å². The highest BCUT2D eigenvalue weighted by Crippen LogP contribution is 2.55. The largest absolute Gasteiger partial charge is 0.485 e. The average Bonchev–Trinajstić information content (AvgIpc) is 3.84. The van der Waals surface area contributed by atoms with Gasteiger partial charge >= 0.3 is 5.69 Å². The number of aliphatic hydroxyl groups is 1. The lowest BCUT2D eigenvalue weighted by atomic mass is 9.59. The highest BCUT2D eigenvalue weighted by molar-refractivity contribution is 7.90. The maximum Gasteiger partial charge on any atom is 0.316 e. The summed E-state index contributed by atoms with van der Waals surface area (Å²) in [5.41, 5.74) is 3.53. The molecule has 2 aromatic heterocycles. The summed E-state index contributed by atoms with van der Waals surface area (Å²) in [5, 5.41) is 23.6. The van der Waals surface area contributed by atoms with Crippen LogP contribution in [0.4, 0.5) is 11.4 Å². The van der Waals surface area contributed by atoms with Gasteiger partial charge in [0.05, 0.1) is 27.2 Å². The number of likely N-dealkylation sites (tertiary alicyclic amines) is 1. The number of nitro benzene ring substituents is 1. The van der Waals surface area contributed by atoms with Crippen molar-refractivity contribution in [3.8, 4) is 23.0 Å². The molecule has 5 fully saturated rings. The van der Waals surface area contributed by atoms with Gasteiger partial charge in [-0.25, -0.2) is 18.1 Å². The molecule has 16 heteroatoms. The van der Waals surface area contributed by atoms with Crippen LogP contribution in [0.15, 0.2) is 84.0 Å². The highest BCUT2D eigenvalue weighted by Gasteiger charge is 2.50. The number of aromatic nitrogens is 2. The standard InChI is InChI=1S/C50H56N6O9S/c1-49(58)15-12-32(13-16-49)45-30-63-44-26-37(25-42(56(59)60)46(44)65-45)66(61,62)53-48(57)40-11-10-34(24-43(40)64-36-23-33-14-19-51-47(33)52-29-36)54-21-17-50(18-22-54)27-35(28-50)55-20-4-7-41(55)39-6-3-2-5-38(39)31-8-9-31/h2-3,5-6,10-11,14,19,23-26,29,31-32,35,41,45,58H,4,7-9,12-13,15-18,20-22,27-28,30H2,1H3,(H,51,52)(H,53,57)/t32?,41-,45-,49?/m0/s1. The molecule has 3 saturated carbocycles. The van der Waals surface area contributed by atoms with Crippen LogP contribution < -0.4 is 23.8 Å². The van der Waals surface area contributed by atoms with E-state index in [2.05, 4.69) is 48.8 Å². The lowest BCUT2D eigenvalue weighted by Gasteiger charge is -2.56. The first kappa shape index (κ1) is 42.9. The third-order valence-corrected chi connectivity index (χ3v) is 16.8. The Labute approximate surface area is 384 Å². The van der Waals surface area contributed by atoms with Crippen molar-refractivity contribution in [3.05, 3.63) is 106 Å². The van der Waals surface area contributed by atoms with E-state index in [0.29, 0.717) is 54.6 Å². The summed E-state index contributed by atoms with van der Waals surface area (Å²) < 4.78 is 48.4. The van der Waals surface area contributed by atoms with Crippen LogP contribution in [0.3, 0.4) is 0 Å². The Hall–Kier alpha value is -5.71. The summed E-state index contributed by atoms with van der Waals surface area (Å²) in [6.07, 6.45) is 14.8. The highest BCUT2D eigenvalue weighted by atomic mass is 32.2. The molecule has 6 aliphatic rings. The zero-order chi connectivity index (χ0) is 45.4. The zero-order valence-electron chi connectivity index (χ0n) is 37.1. The number of carbonyl (C=O) groups excluding carboxylic acids is 1. The number of piperidine rings is 1. The van der Waals surface area contributed by atoms with Gasteiger partial charge < -0.3 is 29.2 Å². The van der Waals surface area contributed by atoms with Crippen molar-refractivity contribution in [2.45, 2.75) is 119 Å². The summed E-state index contributed by atoms with van der Waals surface area (Å²) in [5.74, 6) is -0.0140. The molecule has 3 N–H and O–H groups in total. The molecule has 5 heterocycles. The number of hydrogen-bond acceptors (Lipinski definition) is 12. The Morgan fingerprint density at radius 3 is 2.50 bits per heavy atom. The average molecular weight is 917 g/mol. The van der Waals surface area contributed by atoms with Gasteiger partial charge in [-0.15, -0.1) is 0 Å². The van der Waals surface area contributed by atoms with E-state index >= 15 is 0 Å². The molecule has 3 aromatic carbocycles. The molecule has 0 unspecified atom stereocenters. The Morgan fingerprint density at radius 2 is 1.74 bits per heavy atom. The number of rotatable bonds is 11. The molecule has 0 bridgehead atoms. The first-order valence-electron chi connectivity index (χ1n) is 23.6. The maximum atomic E-state index is 14.1. The minimum atomic E-state index is -4.68. The molecule has 1 amide bonds. The number of amides is 1. The number of hydrogen-bond donors (Lipinski definition) is 3. The Balaban J connectivity index is 0.801. The molecular weight excluding hydrogens is 861 g/mol. The summed E-state index contributed by atoms with van der Waals surface area (Å²) in [4.78, 5) is 37.8. The Bertz CT molecular complexity index is 2800. The SMILES string of the molecule is CC1(O)CCC([C@@H]2COc3cc(S(=O)(=O)NC(=O)c4ccc(N5CCC6(CC5)CC(N5CCC[C@H]5c5ccccc5C5CC5)C6)cc4Oc4cnc5[nH]ccc5c4)cc([N+](=O)[O-])c3O2)CC1. The van der Waals surface area contributed by atoms with Crippen LogP contribution >= 0.6 is 0 Å². The second kappa shape index (κ2) is 16.6. The van der Waals surface area contributed by atoms with Gasteiger partial charge in [0.2, 0.25) is 5.75 Å². The van der Waals surface area contributed by atoms with Crippen LogP contribution in [-0.4, -0.2) is 83.2 Å². The number of nitrogens with one attached hydrogen (secondary N) is 2. The van der Waals surface area contributed by atoms with Gasteiger partial charge in [-0.2, -0.15) is 0 Å². The van der Waals surface area contributed by atoms with E-state index in [9.17, 15) is 28.4 Å². The van der Waals surface area contributed by atoms with Gasteiger partial charge in [0, 0.05) is 60.6 Å². The normalized spacial score (nSPS) is 25.4. The maximum absolute atomic E-state index is 14.1. The minimum Gasteiger partial charge on any atom is -0.485 e. The van der Waals surface area contributed by atoms with Crippen LogP contribution in [-0.2, 0) is 10.0 Å². The number of nitrogens with zero attached hydrogens (tertiary/aromatic N) is 4. The summed E-state index contributed by atoms with van der Waals surface area (Å²) in [7, 11) is -4.68. The molecule has 3 aliphatic carbocycles. The van der Waals surface area contributed by atoms with Crippen molar-refractivity contribution in [2.75, 3.05) is 31.1 Å². The molecule has 11 rings (SSSR count). The topological polar surface area (TPSA) is 189 Å². The fraction of sp³-hybridized carbons (Fsp3) is 0.480. The van der Waals surface area contributed by atoms with Crippen LogP contribution in [0.1, 0.15) is 117 Å². The molecule has 2 atom stereocenters. The van der Waals surface area contributed by atoms with Crippen molar-refractivity contribution in [3.63, 3.8) is 0 Å². The van der Waals surface area contributed by atoms with Gasteiger partial charge in [0.25, 0.3) is 15.9 Å². The lowest BCUT2D eigenvalue weighted by Crippen LogP contribution is -2.54. The van der Waals surface area contributed by atoms with E-state index < -0.39 is 43.1 Å². The number of pyridine rings is 1. The van der Waals surface area contributed by atoms with E-state index in [1.54, 1.807) is 42.4 Å². The number of benzene rings is 3. The Morgan fingerprint density at radius 1 is 0.970 bits per heavy atom. The number of ether oxygens (including phenoxy) is 3. The number of H-pyrrole nitrogens is 1. The van der Waals surface area contributed by atoms with E-state index in [1.807, 2.05) is 12.1 Å². The number of anilines is 1. The summed E-state index contributed by atoms with van der Waals surface area (Å²) >= 11 is 0.